The van der Waals surface area contributed by atoms with Gasteiger partial charge in [0.1, 0.15) is 0 Å². The number of carbonyl (C=O) groups is 1. The fraction of sp³-hybridized carbons (Fsp3) is 0.750. The number of rotatable bonds is 2. The predicted octanol–water partition coefficient (Wildman–Crippen LogP) is 2.18. The van der Waals surface area contributed by atoms with E-state index in [0.29, 0.717) is 17.0 Å². The molecule has 124 valence electrons. The highest BCUT2D eigenvalue weighted by atomic mass is 35.5. The van der Waals surface area contributed by atoms with Crippen LogP contribution in [-0.4, -0.2) is 46.8 Å². The van der Waals surface area contributed by atoms with Gasteiger partial charge in [-0.15, -0.1) is 12.4 Å². The standard InChI is InChI=1S/C16H26N4O.ClH/c1-12(2)14-10-13(18-19(14)3)15(21)20-8-5-16(6-9-20)4-7-17-11-16;/h10,12,17H,4-9,11H2,1-3H3;1H. The summed E-state index contributed by atoms with van der Waals surface area (Å²) >= 11 is 0. The molecule has 22 heavy (non-hydrogen) atoms. The maximum Gasteiger partial charge on any atom is 0.274 e. The molecule has 6 heteroatoms. The van der Waals surface area contributed by atoms with Crippen molar-refractivity contribution in [3.05, 3.63) is 17.5 Å². The van der Waals surface area contributed by atoms with Crippen LogP contribution in [0.1, 0.15) is 55.2 Å². The van der Waals surface area contributed by atoms with Gasteiger partial charge in [0, 0.05) is 32.4 Å². The normalized spacial score (nSPS) is 20.5. The Hall–Kier alpha value is -1.07. The highest BCUT2D eigenvalue weighted by Crippen LogP contribution is 2.37. The lowest BCUT2D eigenvalue weighted by Crippen LogP contribution is -2.44. The fourth-order valence-corrected chi connectivity index (χ4v) is 3.69. The number of nitrogens with zero attached hydrogens (tertiary/aromatic N) is 3. The van der Waals surface area contributed by atoms with E-state index in [-0.39, 0.29) is 18.3 Å². The monoisotopic (exact) mass is 326 g/mol. The molecule has 0 aromatic carbocycles. The number of piperidine rings is 1. The number of likely N-dealkylation sites (tertiary alicyclic amines) is 1. The number of halogens is 1. The third-order valence-corrected chi connectivity index (χ3v) is 5.17. The van der Waals surface area contributed by atoms with Crippen molar-refractivity contribution in [1.82, 2.24) is 20.0 Å². The van der Waals surface area contributed by atoms with Crippen molar-refractivity contribution in [3.63, 3.8) is 0 Å². The van der Waals surface area contributed by atoms with Gasteiger partial charge < -0.3 is 10.2 Å². The van der Waals surface area contributed by atoms with E-state index in [0.717, 1.165) is 44.7 Å². The van der Waals surface area contributed by atoms with E-state index in [1.54, 1.807) is 0 Å². The fourth-order valence-electron chi connectivity index (χ4n) is 3.69. The Kier molecular flexibility index (Phi) is 5.17. The second-order valence-electron chi connectivity index (χ2n) is 6.95. The van der Waals surface area contributed by atoms with Crippen LogP contribution in [0.3, 0.4) is 0 Å². The minimum Gasteiger partial charge on any atom is -0.337 e. The first-order valence-corrected chi connectivity index (χ1v) is 8.05. The molecule has 1 aromatic rings. The molecule has 3 rings (SSSR count). The molecular weight excluding hydrogens is 300 g/mol. The van der Waals surface area contributed by atoms with Crippen LogP contribution in [0.5, 0.6) is 0 Å². The Balaban J connectivity index is 0.00000176. The molecule has 0 radical (unpaired) electrons. The zero-order chi connectivity index (χ0) is 15.0. The summed E-state index contributed by atoms with van der Waals surface area (Å²) in [5, 5.41) is 7.87. The van der Waals surface area contributed by atoms with E-state index in [2.05, 4.69) is 24.3 Å². The summed E-state index contributed by atoms with van der Waals surface area (Å²) in [5.41, 5.74) is 2.16. The van der Waals surface area contributed by atoms with Crippen LogP contribution in [-0.2, 0) is 7.05 Å². The molecule has 0 bridgehead atoms. The number of amides is 1. The summed E-state index contributed by atoms with van der Waals surface area (Å²) in [6.45, 7) is 8.25. The lowest BCUT2D eigenvalue weighted by Gasteiger charge is -2.38. The first-order valence-electron chi connectivity index (χ1n) is 8.05. The third-order valence-electron chi connectivity index (χ3n) is 5.17. The Morgan fingerprint density at radius 3 is 2.50 bits per heavy atom. The molecule has 2 fully saturated rings. The van der Waals surface area contributed by atoms with Crippen LogP contribution in [0.15, 0.2) is 6.07 Å². The minimum atomic E-state index is 0. The van der Waals surface area contributed by atoms with Crippen molar-refractivity contribution in [2.24, 2.45) is 12.5 Å². The zero-order valence-corrected chi connectivity index (χ0v) is 14.6. The molecule has 1 spiro atoms. The minimum absolute atomic E-state index is 0. The van der Waals surface area contributed by atoms with Gasteiger partial charge in [0.25, 0.3) is 5.91 Å². The SMILES string of the molecule is CC(C)c1cc(C(=O)N2CCC3(CCNC3)CC2)nn1C.Cl. The molecular formula is C16H27ClN4O. The largest absolute Gasteiger partial charge is 0.337 e. The molecule has 1 N–H and O–H groups in total. The van der Waals surface area contributed by atoms with Gasteiger partial charge in [0.15, 0.2) is 5.69 Å². The lowest BCUT2D eigenvalue weighted by atomic mass is 9.78. The van der Waals surface area contributed by atoms with Crippen molar-refractivity contribution >= 4 is 18.3 Å². The summed E-state index contributed by atoms with van der Waals surface area (Å²) in [7, 11) is 1.92. The maximum atomic E-state index is 12.6. The van der Waals surface area contributed by atoms with Crippen molar-refractivity contribution in [2.45, 2.75) is 39.0 Å². The summed E-state index contributed by atoms with van der Waals surface area (Å²) in [5.74, 6) is 0.483. The number of aryl methyl sites for hydroxylation is 1. The molecule has 1 aromatic heterocycles. The van der Waals surface area contributed by atoms with Gasteiger partial charge in [-0.3, -0.25) is 9.48 Å². The van der Waals surface area contributed by atoms with Gasteiger partial charge in [0.2, 0.25) is 0 Å². The third kappa shape index (κ3) is 3.15. The van der Waals surface area contributed by atoms with Crippen LogP contribution in [0.4, 0.5) is 0 Å². The zero-order valence-electron chi connectivity index (χ0n) is 13.8. The van der Waals surface area contributed by atoms with Gasteiger partial charge in [-0.2, -0.15) is 5.10 Å². The van der Waals surface area contributed by atoms with Gasteiger partial charge in [0.05, 0.1) is 0 Å². The molecule has 0 aliphatic carbocycles. The Morgan fingerprint density at radius 2 is 2.00 bits per heavy atom. The van der Waals surface area contributed by atoms with Gasteiger partial charge in [-0.25, -0.2) is 0 Å². The number of hydrogen-bond acceptors (Lipinski definition) is 3. The first kappa shape index (κ1) is 17.3. The molecule has 0 unspecified atom stereocenters. The van der Waals surface area contributed by atoms with E-state index in [1.165, 1.54) is 6.42 Å². The second-order valence-corrected chi connectivity index (χ2v) is 6.95. The second kappa shape index (κ2) is 6.59. The Bertz CT molecular complexity index is 524. The molecule has 2 saturated heterocycles. The topological polar surface area (TPSA) is 50.2 Å². The molecule has 3 heterocycles. The van der Waals surface area contributed by atoms with Crippen molar-refractivity contribution in [1.29, 1.82) is 0 Å². The van der Waals surface area contributed by atoms with Gasteiger partial charge in [-0.1, -0.05) is 13.8 Å². The number of carbonyl (C=O) groups excluding carboxylic acids is 1. The van der Waals surface area contributed by atoms with Gasteiger partial charge >= 0.3 is 0 Å². The molecule has 0 atom stereocenters. The highest BCUT2D eigenvalue weighted by Gasteiger charge is 2.38. The molecule has 2 aliphatic heterocycles. The van der Waals surface area contributed by atoms with E-state index in [9.17, 15) is 4.79 Å². The average Bonchev–Trinajstić information content (AvgIpc) is 3.06. The van der Waals surface area contributed by atoms with E-state index < -0.39 is 0 Å². The van der Waals surface area contributed by atoms with E-state index in [1.807, 2.05) is 22.7 Å². The van der Waals surface area contributed by atoms with Crippen LogP contribution in [0.2, 0.25) is 0 Å². The van der Waals surface area contributed by atoms with E-state index >= 15 is 0 Å². The average molecular weight is 327 g/mol. The number of aromatic nitrogens is 2. The van der Waals surface area contributed by atoms with Crippen molar-refractivity contribution in [3.8, 4) is 0 Å². The first-order chi connectivity index (χ1) is 10.0. The quantitative estimate of drug-likeness (QED) is 0.906. The molecule has 2 aliphatic rings. The van der Waals surface area contributed by atoms with Gasteiger partial charge in [-0.05, 0) is 43.2 Å². The Morgan fingerprint density at radius 1 is 1.32 bits per heavy atom. The van der Waals surface area contributed by atoms with E-state index in [4.69, 9.17) is 0 Å². The van der Waals surface area contributed by atoms with Crippen LogP contribution in [0, 0.1) is 5.41 Å². The van der Waals surface area contributed by atoms with Crippen molar-refractivity contribution < 1.29 is 4.79 Å². The van der Waals surface area contributed by atoms with Crippen molar-refractivity contribution in [2.75, 3.05) is 26.2 Å². The Labute approximate surface area is 138 Å². The smallest absolute Gasteiger partial charge is 0.274 e. The summed E-state index contributed by atoms with van der Waals surface area (Å²) in [4.78, 5) is 14.6. The molecule has 0 saturated carbocycles. The van der Waals surface area contributed by atoms with Crippen LogP contribution < -0.4 is 5.32 Å². The molecule has 1 amide bonds. The number of hydrogen-bond donors (Lipinski definition) is 1. The summed E-state index contributed by atoms with van der Waals surface area (Å²) in [6, 6.07) is 1.95. The lowest BCUT2D eigenvalue weighted by molar-refractivity contribution is 0.0601. The van der Waals surface area contributed by atoms with Crippen LogP contribution >= 0.6 is 12.4 Å². The summed E-state index contributed by atoms with van der Waals surface area (Å²) < 4.78 is 1.84. The highest BCUT2D eigenvalue weighted by molar-refractivity contribution is 5.92. The van der Waals surface area contributed by atoms with Crippen LogP contribution in [0.25, 0.3) is 0 Å². The maximum absolute atomic E-state index is 12.6. The number of nitrogens with one attached hydrogen (secondary N) is 1. The predicted molar refractivity (Wildman–Crippen MR) is 89.6 cm³/mol. The molecule has 5 nitrogen and oxygen atoms in total. The summed E-state index contributed by atoms with van der Waals surface area (Å²) in [6.07, 6.45) is 3.50.